The Balaban J connectivity index is 0.000000406. The number of nitrogens with one attached hydrogen (secondary N) is 2. The van der Waals surface area contributed by atoms with Gasteiger partial charge >= 0.3 is 12.1 Å². The number of halogens is 4. The number of anilines is 2. The van der Waals surface area contributed by atoms with Gasteiger partial charge < -0.3 is 20.8 Å². The molecule has 34 heavy (non-hydrogen) atoms. The van der Waals surface area contributed by atoms with Crippen molar-refractivity contribution in [3.63, 3.8) is 0 Å². The molecule has 1 saturated carbocycles. The van der Waals surface area contributed by atoms with Crippen LogP contribution in [0, 0.1) is 0 Å². The molecule has 0 saturated heterocycles. The highest BCUT2D eigenvalue weighted by Gasteiger charge is 2.38. The summed E-state index contributed by atoms with van der Waals surface area (Å²) in [5.74, 6) is -2.46. The molecular weight excluding hydrogens is 481 g/mol. The molecule has 0 spiro atoms. The van der Waals surface area contributed by atoms with Crippen molar-refractivity contribution in [3.05, 3.63) is 41.3 Å². The quantitative estimate of drug-likeness (QED) is 0.430. The first-order chi connectivity index (χ1) is 16.0. The summed E-state index contributed by atoms with van der Waals surface area (Å²) in [5, 5.41) is 32.1. The summed E-state index contributed by atoms with van der Waals surface area (Å²) in [6, 6.07) is 7.26. The Morgan fingerprint density at radius 2 is 1.79 bits per heavy atom. The van der Waals surface area contributed by atoms with Crippen molar-refractivity contribution in [1.29, 1.82) is 0 Å². The fraction of sp³-hybridized carbons (Fsp3) is 0.400. The Hall–Kier alpha value is -3.32. The lowest BCUT2D eigenvalue weighted by molar-refractivity contribution is -0.192. The maximum atomic E-state index is 12.7. The number of aliphatic carboxylic acids is 1. The second-order valence-electron chi connectivity index (χ2n) is 7.64. The Morgan fingerprint density at radius 1 is 1.15 bits per heavy atom. The van der Waals surface area contributed by atoms with Crippen molar-refractivity contribution in [2.45, 2.75) is 44.0 Å². The van der Waals surface area contributed by atoms with Crippen LogP contribution >= 0.6 is 11.6 Å². The van der Waals surface area contributed by atoms with Gasteiger partial charge in [-0.25, -0.2) is 9.31 Å². The summed E-state index contributed by atoms with van der Waals surface area (Å²) < 4.78 is 34.8. The lowest BCUT2D eigenvalue weighted by atomic mass is 9.93. The molecule has 14 heteroatoms. The standard InChI is InChI=1S/C18H21ClN6O2.C2HF3O2/c1-24-10-13(17(19)23-24)21-18(27)14-8-6-11-7-9-16(22-25(11)14)20-12-4-2-3-5-15(12)26;3-2(4,5)1(6)7/h6-10,12,15,26H,2-5H2,1H3,(H,20,22)(H,21,27);(H,6,7)/t12-,15+;/m1./s1. The van der Waals surface area contributed by atoms with Crippen molar-refractivity contribution in [1.82, 2.24) is 19.4 Å². The highest BCUT2D eigenvalue weighted by molar-refractivity contribution is 6.32. The van der Waals surface area contributed by atoms with Gasteiger partial charge in [-0.05, 0) is 37.1 Å². The van der Waals surface area contributed by atoms with E-state index >= 15 is 0 Å². The first kappa shape index (κ1) is 25.3. The van der Waals surface area contributed by atoms with Gasteiger partial charge in [0.15, 0.2) is 5.15 Å². The zero-order valence-corrected chi connectivity index (χ0v) is 18.6. The van der Waals surface area contributed by atoms with E-state index in [1.807, 2.05) is 18.2 Å². The van der Waals surface area contributed by atoms with E-state index in [9.17, 15) is 23.1 Å². The highest BCUT2D eigenvalue weighted by Crippen LogP contribution is 2.23. The van der Waals surface area contributed by atoms with Crippen molar-refractivity contribution in [3.8, 4) is 0 Å². The van der Waals surface area contributed by atoms with Crippen LogP contribution in [0.4, 0.5) is 24.7 Å². The fourth-order valence-electron chi connectivity index (χ4n) is 3.44. The Morgan fingerprint density at radius 3 is 2.38 bits per heavy atom. The average molecular weight is 503 g/mol. The van der Waals surface area contributed by atoms with Gasteiger partial charge in [0.1, 0.15) is 11.5 Å². The number of amides is 1. The van der Waals surface area contributed by atoms with Crippen LogP contribution in [0.2, 0.25) is 5.15 Å². The molecule has 0 aromatic carbocycles. The van der Waals surface area contributed by atoms with Crippen LogP contribution in [0.15, 0.2) is 30.5 Å². The zero-order valence-electron chi connectivity index (χ0n) is 17.9. The molecule has 1 aliphatic rings. The van der Waals surface area contributed by atoms with Gasteiger partial charge in [0.25, 0.3) is 5.91 Å². The third kappa shape index (κ3) is 6.17. The minimum atomic E-state index is -5.08. The lowest BCUT2D eigenvalue weighted by Gasteiger charge is -2.28. The Kier molecular flexibility index (Phi) is 7.67. The number of aromatic nitrogens is 4. The molecule has 0 bridgehead atoms. The third-order valence-corrected chi connectivity index (χ3v) is 5.35. The van der Waals surface area contributed by atoms with Gasteiger partial charge in [-0.1, -0.05) is 24.4 Å². The Bertz CT molecular complexity index is 1180. The summed E-state index contributed by atoms with van der Waals surface area (Å²) >= 11 is 6.01. The zero-order chi connectivity index (χ0) is 25.0. The molecule has 3 aromatic rings. The van der Waals surface area contributed by atoms with Gasteiger partial charge in [0, 0.05) is 13.2 Å². The minimum Gasteiger partial charge on any atom is -0.475 e. The van der Waals surface area contributed by atoms with E-state index in [0.29, 0.717) is 17.2 Å². The normalized spacial score (nSPS) is 18.2. The van der Waals surface area contributed by atoms with Crippen LogP contribution in [0.5, 0.6) is 0 Å². The van der Waals surface area contributed by atoms with E-state index < -0.39 is 12.1 Å². The number of nitrogens with zero attached hydrogens (tertiary/aromatic N) is 4. The van der Waals surface area contributed by atoms with Crippen molar-refractivity contribution >= 4 is 40.5 Å². The highest BCUT2D eigenvalue weighted by atomic mass is 35.5. The van der Waals surface area contributed by atoms with Gasteiger partial charge in [-0.2, -0.15) is 18.3 Å². The number of rotatable bonds is 4. The van der Waals surface area contributed by atoms with E-state index in [1.165, 1.54) is 4.68 Å². The molecule has 1 amide bonds. The molecule has 0 aliphatic heterocycles. The van der Waals surface area contributed by atoms with E-state index in [0.717, 1.165) is 31.2 Å². The smallest absolute Gasteiger partial charge is 0.475 e. The summed E-state index contributed by atoms with van der Waals surface area (Å²) in [7, 11) is 1.73. The van der Waals surface area contributed by atoms with Gasteiger partial charge in [0.2, 0.25) is 0 Å². The number of carboxylic acid groups (broad SMARTS) is 1. The summed E-state index contributed by atoms with van der Waals surface area (Å²) in [4.78, 5) is 21.6. The number of hydrogen-bond acceptors (Lipinski definition) is 6. The lowest BCUT2D eigenvalue weighted by Crippen LogP contribution is -2.36. The van der Waals surface area contributed by atoms with Crippen LogP contribution in [0.25, 0.3) is 5.52 Å². The van der Waals surface area contributed by atoms with Crippen LogP contribution in [0.1, 0.15) is 36.2 Å². The fourth-order valence-corrected chi connectivity index (χ4v) is 3.65. The van der Waals surface area contributed by atoms with Crippen LogP contribution in [0.3, 0.4) is 0 Å². The summed E-state index contributed by atoms with van der Waals surface area (Å²) in [6.07, 6.45) is 0.00453. The molecule has 0 unspecified atom stereocenters. The van der Waals surface area contributed by atoms with E-state index in [1.54, 1.807) is 23.8 Å². The molecule has 1 aliphatic carbocycles. The molecule has 2 atom stereocenters. The van der Waals surface area contributed by atoms with Crippen LogP contribution in [-0.4, -0.2) is 59.8 Å². The maximum Gasteiger partial charge on any atom is 0.490 e. The third-order valence-electron chi connectivity index (χ3n) is 5.07. The molecule has 3 aromatic heterocycles. The van der Waals surface area contributed by atoms with E-state index in [2.05, 4.69) is 20.8 Å². The topological polar surface area (TPSA) is 134 Å². The number of aliphatic hydroxyl groups excluding tert-OH is 1. The molecule has 184 valence electrons. The number of carbonyl (C=O) groups excluding carboxylic acids is 1. The van der Waals surface area contributed by atoms with Crippen molar-refractivity contribution in [2.24, 2.45) is 7.05 Å². The second kappa shape index (κ2) is 10.3. The molecule has 4 rings (SSSR count). The Labute approximate surface area is 196 Å². The first-order valence-corrected chi connectivity index (χ1v) is 10.6. The number of hydrogen-bond donors (Lipinski definition) is 4. The molecule has 10 nitrogen and oxygen atoms in total. The summed E-state index contributed by atoms with van der Waals surface area (Å²) in [6.45, 7) is 0. The average Bonchev–Trinajstić information content (AvgIpc) is 3.31. The minimum absolute atomic E-state index is 0.0225. The van der Waals surface area contributed by atoms with Gasteiger partial charge in [0.05, 0.1) is 23.3 Å². The number of alkyl halides is 3. The maximum absolute atomic E-state index is 12.7. The van der Waals surface area contributed by atoms with Crippen molar-refractivity contribution < 1.29 is 33.0 Å². The number of fused-ring (bicyclic) bond motifs is 1. The molecule has 3 heterocycles. The SMILES string of the molecule is Cn1cc(NC(=O)c2ccc3ccc(N[C@@H]4CCCC[C@@H]4O)nn23)c(Cl)n1.O=C(O)C(F)(F)F. The van der Waals surface area contributed by atoms with Crippen LogP contribution < -0.4 is 10.6 Å². The molecule has 4 N–H and O–H groups in total. The predicted octanol–water partition coefficient (Wildman–Crippen LogP) is 3.32. The van der Waals surface area contributed by atoms with Crippen LogP contribution in [-0.2, 0) is 11.8 Å². The van der Waals surface area contributed by atoms with E-state index in [-0.39, 0.29) is 23.2 Å². The molecule has 1 fully saturated rings. The monoisotopic (exact) mass is 502 g/mol. The molecular formula is C20H22ClF3N6O4. The number of carbonyl (C=O) groups is 2. The largest absolute Gasteiger partial charge is 0.490 e. The first-order valence-electron chi connectivity index (χ1n) is 10.2. The number of aliphatic hydroxyl groups is 1. The predicted molar refractivity (Wildman–Crippen MR) is 117 cm³/mol. The van der Waals surface area contributed by atoms with Crippen molar-refractivity contribution in [2.75, 3.05) is 10.6 Å². The van der Waals surface area contributed by atoms with Gasteiger partial charge in [-0.15, -0.1) is 5.10 Å². The number of aryl methyl sites for hydroxylation is 1. The second-order valence-corrected chi connectivity index (χ2v) is 8.00. The molecule has 0 radical (unpaired) electrons. The van der Waals surface area contributed by atoms with E-state index in [4.69, 9.17) is 21.5 Å². The number of carboxylic acids is 1. The summed E-state index contributed by atoms with van der Waals surface area (Å²) in [5.41, 5.74) is 1.63. The van der Waals surface area contributed by atoms with Gasteiger partial charge in [-0.3, -0.25) is 9.48 Å².